The lowest BCUT2D eigenvalue weighted by Gasteiger charge is -2.31. The maximum atomic E-state index is 16.6. The van der Waals surface area contributed by atoms with Crippen LogP contribution in [0.25, 0.3) is 32.9 Å². The van der Waals surface area contributed by atoms with Crippen LogP contribution in [-0.2, 0) is 6.42 Å². The zero-order valence-corrected chi connectivity index (χ0v) is 24.3. The molecule has 10 heteroatoms. The number of aromatic hydroxyl groups is 1. The van der Waals surface area contributed by atoms with Gasteiger partial charge in [-0.25, -0.2) is 13.2 Å². The van der Waals surface area contributed by atoms with Crippen LogP contribution in [0, 0.1) is 11.6 Å². The molecule has 2 aromatic heterocycles. The second-order valence-corrected chi connectivity index (χ2v) is 12.4. The third kappa shape index (κ3) is 5.03. The van der Waals surface area contributed by atoms with E-state index >= 15 is 4.39 Å². The summed E-state index contributed by atoms with van der Waals surface area (Å²) >= 11 is 0. The van der Waals surface area contributed by atoms with Crippen molar-refractivity contribution in [2.75, 3.05) is 25.0 Å². The Balaban J connectivity index is 1.35. The van der Waals surface area contributed by atoms with E-state index < -0.39 is 23.3 Å². The normalized spacial score (nSPS) is 22.8. The van der Waals surface area contributed by atoms with Crippen molar-refractivity contribution in [1.29, 1.82) is 0 Å². The number of rotatable bonds is 7. The number of pyridine rings is 1. The Bertz CT molecular complexity index is 1700. The summed E-state index contributed by atoms with van der Waals surface area (Å²) in [6.45, 7) is 3.29. The second kappa shape index (κ2) is 11.1. The summed E-state index contributed by atoms with van der Waals surface area (Å²) in [6.07, 6.45) is 8.57. The number of hydrogen-bond acceptors (Lipinski definition) is 7. The summed E-state index contributed by atoms with van der Waals surface area (Å²) < 4.78 is 52.1. The molecule has 4 heterocycles. The number of nitrogens with one attached hydrogen (secondary N) is 1. The van der Waals surface area contributed by atoms with Gasteiger partial charge in [0, 0.05) is 30.8 Å². The Hall–Kier alpha value is -3.66. The van der Waals surface area contributed by atoms with E-state index in [1.165, 1.54) is 30.8 Å². The van der Waals surface area contributed by atoms with E-state index in [1.807, 2.05) is 6.92 Å². The van der Waals surface area contributed by atoms with Gasteiger partial charge in [-0.15, -0.1) is 0 Å². The van der Waals surface area contributed by atoms with E-state index in [9.17, 15) is 13.9 Å². The monoisotopic (exact) mass is 591 g/mol. The van der Waals surface area contributed by atoms with Gasteiger partial charge in [0.15, 0.2) is 5.82 Å². The van der Waals surface area contributed by atoms with Crippen molar-refractivity contribution < 1.29 is 23.0 Å². The molecule has 2 saturated heterocycles. The molecule has 226 valence electrons. The van der Waals surface area contributed by atoms with E-state index in [4.69, 9.17) is 4.74 Å². The van der Waals surface area contributed by atoms with Crippen molar-refractivity contribution in [2.45, 2.75) is 82.5 Å². The summed E-state index contributed by atoms with van der Waals surface area (Å²) in [5.41, 5.74) is 0.281. The highest BCUT2D eigenvalue weighted by Gasteiger charge is 2.49. The summed E-state index contributed by atoms with van der Waals surface area (Å²) in [7, 11) is 0. The van der Waals surface area contributed by atoms with Crippen molar-refractivity contribution >= 4 is 27.5 Å². The number of halogens is 3. The van der Waals surface area contributed by atoms with Crippen LogP contribution in [0.2, 0.25) is 0 Å². The van der Waals surface area contributed by atoms with Crippen molar-refractivity contribution in [2.24, 2.45) is 0 Å². The number of fused-ring (bicyclic) bond motifs is 3. The molecule has 3 aliphatic rings. The maximum Gasteiger partial charge on any atom is 0.319 e. The van der Waals surface area contributed by atoms with E-state index in [1.54, 1.807) is 6.07 Å². The third-order valence-electron chi connectivity index (χ3n) is 9.60. The molecule has 2 atom stereocenters. The Kier molecular flexibility index (Phi) is 7.27. The van der Waals surface area contributed by atoms with Crippen LogP contribution >= 0.6 is 0 Å². The molecular weight excluding hydrogens is 555 g/mol. The van der Waals surface area contributed by atoms with Crippen LogP contribution in [0.4, 0.5) is 19.0 Å². The molecule has 4 aromatic rings. The van der Waals surface area contributed by atoms with Crippen LogP contribution < -0.4 is 10.1 Å². The highest BCUT2D eigenvalue weighted by atomic mass is 19.1. The molecule has 0 bridgehead atoms. The van der Waals surface area contributed by atoms with Crippen molar-refractivity contribution in [1.82, 2.24) is 19.9 Å². The van der Waals surface area contributed by atoms with Gasteiger partial charge in [0.2, 0.25) is 0 Å². The molecule has 7 nitrogen and oxygen atoms in total. The topological polar surface area (TPSA) is 83.4 Å². The summed E-state index contributed by atoms with van der Waals surface area (Å²) in [5.74, 6) is -0.740. The first-order valence-corrected chi connectivity index (χ1v) is 15.4. The first-order valence-electron chi connectivity index (χ1n) is 15.4. The van der Waals surface area contributed by atoms with Crippen molar-refractivity contribution in [3.8, 4) is 23.0 Å². The Morgan fingerprint density at radius 3 is 2.77 bits per heavy atom. The first kappa shape index (κ1) is 28.1. The fourth-order valence-corrected chi connectivity index (χ4v) is 7.52. The van der Waals surface area contributed by atoms with Gasteiger partial charge in [0.05, 0.1) is 10.9 Å². The summed E-state index contributed by atoms with van der Waals surface area (Å²) in [4.78, 5) is 15.9. The second-order valence-electron chi connectivity index (χ2n) is 12.4. The fourth-order valence-electron chi connectivity index (χ4n) is 7.52. The molecular formula is C33H36F3N5O2. The zero-order valence-electron chi connectivity index (χ0n) is 24.3. The fraction of sp³-hybridized carbons (Fsp3) is 0.485. The maximum absolute atomic E-state index is 16.6. The first-order chi connectivity index (χ1) is 20.8. The number of aromatic nitrogens is 3. The zero-order chi connectivity index (χ0) is 29.7. The van der Waals surface area contributed by atoms with Crippen LogP contribution in [0.1, 0.15) is 63.9 Å². The largest absolute Gasteiger partial charge is 0.508 e. The minimum absolute atomic E-state index is 0.0199. The molecule has 2 aliphatic heterocycles. The van der Waals surface area contributed by atoms with Gasteiger partial charge in [-0.3, -0.25) is 9.88 Å². The number of ether oxygens (including phenoxy) is 1. The smallest absolute Gasteiger partial charge is 0.319 e. The van der Waals surface area contributed by atoms with Crippen molar-refractivity contribution in [3.05, 3.63) is 47.7 Å². The molecule has 3 fully saturated rings. The quantitative estimate of drug-likeness (QED) is 0.237. The predicted molar refractivity (Wildman–Crippen MR) is 160 cm³/mol. The lowest BCUT2D eigenvalue weighted by Crippen LogP contribution is -2.43. The standard InChI is InChI=1S/C33H36F3N5O2/c1-2-23-26(35)10-9-19-13-22(42)14-24(27(19)23)29-28(36)30-25(16-37-29)31(38-21-7-4-3-5-8-21)40-32(39-30)43-18-33-11-6-12-41(33)17-20(34)15-33/h9-10,13-14,16,20-21,42H,2-8,11-12,15,17-18H2,1H3,(H,38,39,40)/t20-,33?/m1/s1. The molecule has 1 saturated carbocycles. The average molecular weight is 592 g/mol. The molecule has 0 spiro atoms. The number of phenols is 1. The summed E-state index contributed by atoms with van der Waals surface area (Å²) in [5, 5.41) is 15.5. The van der Waals surface area contributed by atoms with Gasteiger partial charge in [0.1, 0.15) is 41.4 Å². The lowest BCUT2D eigenvalue weighted by atomic mass is 9.94. The minimum atomic E-state index is -0.897. The third-order valence-corrected chi connectivity index (χ3v) is 9.60. The van der Waals surface area contributed by atoms with E-state index in [2.05, 4.69) is 25.2 Å². The Morgan fingerprint density at radius 2 is 1.95 bits per heavy atom. The Morgan fingerprint density at radius 1 is 1.12 bits per heavy atom. The van der Waals surface area contributed by atoms with Crippen LogP contribution in [-0.4, -0.2) is 62.4 Å². The van der Waals surface area contributed by atoms with E-state index in [-0.39, 0.29) is 41.2 Å². The Labute approximate surface area is 248 Å². The molecule has 2 aromatic carbocycles. The van der Waals surface area contributed by atoms with Gasteiger partial charge in [-0.1, -0.05) is 32.3 Å². The molecule has 1 unspecified atom stereocenters. The number of aryl methyl sites for hydroxylation is 1. The number of nitrogens with zero attached hydrogens (tertiary/aromatic N) is 4. The van der Waals surface area contributed by atoms with Gasteiger partial charge in [0.25, 0.3) is 0 Å². The van der Waals surface area contributed by atoms with Crippen LogP contribution in [0.5, 0.6) is 11.8 Å². The molecule has 2 N–H and O–H groups in total. The number of alkyl halides is 1. The van der Waals surface area contributed by atoms with Gasteiger partial charge in [-0.2, -0.15) is 9.97 Å². The van der Waals surface area contributed by atoms with Gasteiger partial charge in [-0.05, 0) is 73.2 Å². The predicted octanol–water partition coefficient (Wildman–Crippen LogP) is 7.09. The number of benzene rings is 2. The molecule has 7 rings (SSSR count). The molecule has 0 radical (unpaired) electrons. The van der Waals surface area contributed by atoms with E-state index in [0.717, 1.165) is 45.1 Å². The molecule has 1 aliphatic carbocycles. The minimum Gasteiger partial charge on any atom is -0.508 e. The van der Waals surface area contributed by atoms with Crippen LogP contribution in [0.3, 0.4) is 0 Å². The SMILES string of the molecule is CCc1c(F)ccc2cc(O)cc(-c3ncc4c(NC5CCCCC5)nc(OCC56CCCN5C[C@H](F)C6)nc4c3F)c12. The van der Waals surface area contributed by atoms with E-state index in [0.29, 0.717) is 46.9 Å². The molecule has 43 heavy (non-hydrogen) atoms. The van der Waals surface area contributed by atoms with Gasteiger partial charge < -0.3 is 15.2 Å². The average Bonchev–Trinajstić information content (AvgIpc) is 3.52. The molecule has 0 amide bonds. The highest BCUT2D eigenvalue weighted by Crippen LogP contribution is 2.41. The lowest BCUT2D eigenvalue weighted by molar-refractivity contribution is 0.107. The van der Waals surface area contributed by atoms with Gasteiger partial charge >= 0.3 is 6.01 Å². The number of anilines is 1. The van der Waals surface area contributed by atoms with Crippen LogP contribution in [0.15, 0.2) is 30.5 Å². The van der Waals surface area contributed by atoms with Crippen molar-refractivity contribution in [3.63, 3.8) is 0 Å². The summed E-state index contributed by atoms with van der Waals surface area (Å²) in [6, 6.07) is 6.08. The highest BCUT2D eigenvalue weighted by molar-refractivity contribution is 6.01. The number of hydrogen-bond donors (Lipinski definition) is 2. The number of phenolic OH excluding ortho intramolecular Hbond substituents is 1.